The maximum atomic E-state index is 14.1. The summed E-state index contributed by atoms with van der Waals surface area (Å²) in [7, 11) is 0. The number of benzene rings is 4. The molecule has 0 fully saturated rings. The van der Waals surface area contributed by atoms with Crippen molar-refractivity contribution in [2.75, 3.05) is 16.5 Å². The fourth-order valence-corrected chi connectivity index (χ4v) is 5.01. The Morgan fingerprint density at radius 2 is 1.37 bits per heavy atom. The number of halogens is 1. The number of hydrogen-bond donors (Lipinski definition) is 0. The summed E-state index contributed by atoms with van der Waals surface area (Å²) in [5.74, 6) is 1.63. The predicted molar refractivity (Wildman–Crippen MR) is 150 cm³/mol. The molecule has 0 radical (unpaired) electrons. The zero-order valence-electron chi connectivity index (χ0n) is 20.4. The van der Waals surface area contributed by atoms with Gasteiger partial charge in [-0.25, -0.2) is 9.37 Å². The highest BCUT2D eigenvalue weighted by molar-refractivity contribution is 6.09. The summed E-state index contributed by atoms with van der Waals surface area (Å²) in [5, 5.41) is 2.13. The molecule has 0 N–H and O–H groups in total. The first-order chi connectivity index (χ1) is 18.7. The summed E-state index contributed by atoms with van der Waals surface area (Å²) < 4.78 is 22.4. The molecule has 1 aliphatic heterocycles. The second kappa shape index (κ2) is 9.09. The number of ether oxygens (including phenoxy) is 1. The highest BCUT2D eigenvalue weighted by Gasteiger charge is 2.17. The van der Waals surface area contributed by atoms with Crippen LogP contribution in [0.4, 0.5) is 15.8 Å². The van der Waals surface area contributed by atoms with Crippen molar-refractivity contribution in [2.45, 2.75) is 0 Å². The van der Waals surface area contributed by atoms with Crippen LogP contribution in [-0.2, 0) is 0 Å². The minimum absolute atomic E-state index is 0.327. The fourth-order valence-electron chi connectivity index (χ4n) is 5.01. The molecule has 2 aromatic heterocycles. The summed E-state index contributed by atoms with van der Waals surface area (Å²) in [5.41, 5.74) is 4.05. The average molecular weight is 499 g/mol. The van der Waals surface area contributed by atoms with E-state index in [-0.39, 0.29) is 5.82 Å². The Morgan fingerprint density at radius 3 is 2.24 bits per heavy atom. The van der Waals surface area contributed by atoms with Gasteiger partial charge in [-0.15, -0.1) is 0 Å². The SMILES string of the molecule is Fc1ccnc(-n2c3ccccc3c3ccc(Oc4cccc(N5C=CN(c6ccccc6)C5)c4)cc32)c1. The zero-order valence-corrected chi connectivity index (χ0v) is 20.4. The molecule has 7 rings (SSSR count). The van der Waals surface area contributed by atoms with E-state index in [0.717, 1.165) is 45.6 Å². The third-order valence-corrected chi connectivity index (χ3v) is 6.79. The lowest BCUT2D eigenvalue weighted by atomic mass is 10.1. The van der Waals surface area contributed by atoms with Crippen molar-refractivity contribution in [3.05, 3.63) is 134 Å². The fraction of sp³-hybridized carbons (Fsp3) is 0.0312. The quantitative estimate of drug-likeness (QED) is 0.242. The molecule has 0 atom stereocenters. The first kappa shape index (κ1) is 22.1. The van der Waals surface area contributed by atoms with Crippen molar-refractivity contribution in [1.29, 1.82) is 0 Å². The summed E-state index contributed by atoms with van der Waals surface area (Å²) in [6.45, 7) is 0.722. The van der Waals surface area contributed by atoms with E-state index in [1.54, 1.807) is 0 Å². The van der Waals surface area contributed by atoms with E-state index in [1.165, 1.54) is 18.3 Å². The molecule has 0 spiro atoms. The lowest BCUT2D eigenvalue weighted by molar-refractivity contribution is 0.483. The van der Waals surface area contributed by atoms with Gasteiger partial charge in [-0.2, -0.15) is 0 Å². The van der Waals surface area contributed by atoms with Crippen molar-refractivity contribution >= 4 is 33.2 Å². The van der Waals surface area contributed by atoms with Gasteiger partial charge in [0.25, 0.3) is 0 Å². The number of pyridine rings is 1. The molecule has 3 heterocycles. The van der Waals surface area contributed by atoms with E-state index >= 15 is 0 Å². The molecular formula is C32H23FN4O. The van der Waals surface area contributed by atoms with Gasteiger partial charge in [0.1, 0.15) is 23.1 Å². The van der Waals surface area contributed by atoms with Gasteiger partial charge in [0.15, 0.2) is 0 Å². The molecule has 5 nitrogen and oxygen atoms in total. The number of nitrogens with zero attached hydrogens (tertiary/aromatic N) is 4. The summed E-state index contributed by atoms with van der Waals surface area (Å²) >= 11 is 0. The first-order valence-corrected chi connectivity index (χ1v) is 12.4. The van der Waals surface area contributed by atoms with Crippen LogP contribution in [0, 0.1) is 5.82 Å². The van der Waals surface area contributed by atoms with Crippen LogP contribution in [0.5, 0.6) is 11.5 Å². The van der Waals surface area contributed by atoms with Crippen molar-refractivity contribution in [2.24, 2.45) is 0 Å². The maximum Gasteiger partial charge on any atom is 0.140 e. The molecule has 0 unspecified atom stereocenters. The zero-order chi connectivity index (χ0) is 25.5. The van der Waals surface area contributed by atoms with E-state index in [9.17, 15) is 4.39 Å². The molecule has 0 aliphatic carbocycles. The van der Waals surface area contributed by atoms with Crippen molar-refractivity contribution in [3.8, 4) is 17.3 Å². The molecule has 38 heavy (non-hydrogen) atoms. The average Bonchev–Trinajstić information content (AvgIpc) is 3.57. The number of rotatable bonds is 5. The van der Waals surface area contributed by atoms with Crippen molar-refractivity contribution < 1.29 is 9.13 Å². The Bertz CT molecular complexity index is 1810. The summed E-state index contributed by atoms with van der Waals surface area (Å²) in [4.78, 5) is 8.82. The normalized spacial score (nSPS) is 13.1. The third kappa shape index (κ3) is 3.92. The second-order valence-corrected chi connectivity index (χ2v) is 9.18. The van der Waals surface area contributed by atoms with Gasteiger partial charge in [-0.05, 0) is 48.5 Å². The molecule has 6 aromatic rings. The summed E-state index contributed by atoms with van der Waals surface area (Å²) in [6, 6.07) is 35.2. The van der Waals surface area contributed by atoms with E-state index in [1.807, 2.05) is 77.4 Å². The van der Waals surface area contributed by atoms with Crippen LogP contribution in [0.1, 0.15) is 0 Å². The smallest absolute Gasteiger partial charge is 0.140 e. The number of fused-ring (bicyclic) bond motifs is 3. The van der Waals surface area contributed by atoms with Crippen LogP contribution in [0.25, 0.3) is 27.6 Å². The monoisotopic (exact) mass is 498 g/mol. The van der Waals surface area contributed by atoms with E-state index < -0.39 is 0 Å². The molecule has 6 heteroatoms. The predicted octanol–water partition coefficient (Wildman–Crippen LogP) is 7.87. The van der Waals surface area contributed by atoms with Gasteiger partial charge in [0, 0.05) is 58.9 Å². The highest BCUT2D eigenvalue weighted by atomic mass is 19.1. The summed E-state index contributed by atoms with van der Waals surface area (Å²) in [6.07, 6.45) is 5.64. The third-order valence-electron chi connectivity index (χ3n) is 6.79. The molecule has 0 saturated heterocycles. The lowest BCUT2D eigenvalue weighted by Crippen LogP contribution is -2.24. The number of hydrogen-bond acceptors (Lipinski definition) is 4. The van der Waals surface area contributed by atoms with Crippen molar-refractivity contribution in [1.82, 2.24) is 9.55 Å². The van der Waals surface area contributed by atoms with Gasteiger partial charge in [0.05, 0.1) is 17.7 Å². The van der Waals surface area contributed by atoms with E-state index in [4.69, 9.17) is 4.74 Å². The molecule has 184 valence electrons. The van der Waals surface area contributed by atoms with Crippen LogP contribution >= 0.6 is 0 Å². The number of para-hydroxylation sites is 2. The van der Waals surface area contributed by atoms with Crippen LogP contribution in [0.15, 0.2) is 128 Å². The standard InChI is InChI=1S/C32H23FN4O/c33-23-15-16-34-32(19-23)37-30-12-5-4-11-28(30)29-14-13-27(21-31(29)37)38-26-10-6-9-25(20-26)36-18-17-35(22-36)24-7-2-1-3-8-24/h1-21H,22H2. The Hall–Kier alpha value is -5.10. The molecular weight excluding hydrogens is 475 g/mol. The molecule has 1 aliphatic rings. The topological polar surface area (TPSA) is 33.5 Å². The van der Waals surface area contributed by atoms with Crippen molar-refractivity contribution in [3.63, 3.8) is 0 Å². The first-order valence-electron chi connectivity index (χ1n) is 12.4. The Kier molecular flexibility index (Phi) is 5.29. The maximum absolute atomic E-state index is 14.1. The largest absolute Gasteiger partial charge is 0.457 e. The van der Waals surface area contributed by atoms with Crippen LogP contribution < -0.4 is 14.5 Å². The van der Waals surface area contributed by atoms with Gasteiger partial charge in [-0.1, -0.05) is 42.5 Å². The van der Waals surface area contributed by atoms with Crippen LogP contribution in [0.2, 0.25) is 0 Å². The van der Waals surface area contributed by atoms with E-state index in [2.05, 4.69) is 51.4 Å². The van der Waals surface area contributed by atoms with Gasteiger partial charge in [0.2, 0.25) is 0 Å². The Labute approximate surface area is 219 Å². The minimum atomic E-state index is -0.327. The van der Waals surface area contributed by atoms with Crippen LogP contribution in [0.3, 0.4) is 0 Å². The molecule has 0 saturated carbocycles. The highest BCUT2D eigenvalue weighted by Crippen LogP contribution is 2.35. The molecule has 0 amide bonds. The van der Waals surface area contributed by atoms with E-state index in [0.29, 0.717) is 11.6 Å². The molecule has 4 aromatic carbocycles. The van der Waals surface area contributed by atoms with Gasteiger partial charge < -0.3 is 14.5 Å². The van der Waals surface area contributed by atoms with Gasteiger partial charge >= 0.3 is 0 Å². The second-order valence-electron chi connectivity index (χ2n) is 9.18. The Balaban J connectivity index is 1.22. The minimum Gasteiger partial charge on any atom is -0.457 e. The number of anilines is 2. The van der Waals surface area contributed by atoms with Gasteiger partial charge in [-0.3, -0.25) is 4.57 Å². The molecule has 0 bridgehead atoms. The number of aromatic nitrogens is 2. The lowest BCUT2D eigenvalue weighted by Gasteiger charge is -2.22. The Morgan fingerprint density at radius 1 is 0.632 bits per heavy atom. The van der Waals surface area contributed by atoms with Crippen LogP contribution in [-0.4, -0.2) is 16.2 Å².